The van der Waals surface area contributed by atoms with Gasteiger partial charge in [-0.1, -0.05) is 243 Å². The molecule has 0 spiro atoms. The zero-order chi connectivity index (χ0) is 46.3. The van der Waals surface area contributed by atoms with Crippen molar-refractivity contribution in [3.05, 3.63) is 258 Å². The standard InChI is InChI=1S/C66H58Si/c1-45-38-57(41-60(51-26-14-8-15-27-51)63(45)54-32-20-11-21-33-54)67(66(7)44-48(4)49(5)50(66)6,58-39-46(2)64(55-34-22-12-23-35-55)61(42-58)52-28-16-9-17-29-52)59-40-47(3)65(56-36-24-13-25-37-56)62(43-59)53-30-18-10-19-31-53/h8-44H,1-7H3. The summed E-state index contributed by atoms with van der Waals surface area (Å²) in [6.07, 6.45) is 2.66. The lowest BCUT2D eigenvalue weighted by atomic mass is 9.91. The van der Waals surface area contributed by atoms with Gasteiger partial charge in [-0.25, -0.2) is 0 Å². The van der Waals surface area contributed by atoms with Gasteiger partial charge in [0.15, 0.2) is 8.07 Å². The summed E-state index contributed by atoms with van der Waals surface area (Å²) >= 11 is 0. The van der Waals surface area contributed by atoms with Crippen molar-refractivity contribution >= 4 is 23.6 Å². The molecule has 1 aliphatic carbocycles. The van der Waals surface area contributed by atoms with Gasteiger partial charge in [-0.3, -0.25) is 0 Å². The fourth-order valence-electron chi connectivity index (χ4n) is 11.6. The molecule has 0 fully saturated rings. The molecule has 0 heterocycles. The maximum Gasteiger partial charge on any atom is 0.161 e. The maximum absolute atomic E-state index is 3.35. The minimum atomic E-state index is -3.35. The van der Waals surface area contributed by atoms with Crippen LogP contribution in [0.2, 0.25) is 5.04 Å². The van der Waals surface area contributed by atoms with Gasteiger partial charge in [-0.2, -0.15) is 0 Å². The SMILES string of the molecule is CC1=CC(C)([Si](c2cc(C)c(-c3ccccc3)c(-c3ccccc3)c2)(c2cc(C)c(-c3ccccc3)c(-c3ccccc3)c2)c2cc(C)c(-c3ccccc3)c(-c3ccccc3)c2)C(C)=C1C. The Morgan fingerprint density at radius 2 is 0.567 bits per heavy atom. The third-order valence-corrected chi connectivity index (χ3v) is 20.5. The smallest absolute Gasteiger partial charge is 0.0730 e. The minimum absolute atomic E-state index is 0.376. The third kappa shape index (κ3) is 7.49. The molecule has 0 N–H and O–H groups in total. The summed E-state index contributed by atoms with van der Waals surface area (Å²) in [4.78, 5) is 0. The summed E-state index contributed by atoms with van der Waals surface area (Å²) in [7, 11) is -3.35. The molecule has 0 radical (unpaired) electrons. The van der Waals surface area contributed by atoms with Crippen molar-refractivity contribution in [3.8, 4) is 66.8 Å². The Balaban J connectivity index is 1.44. The largest absolute Gasteiger partial charge is 0.161 e. The Labute approximate surface area is 399 Å². The first kappa shape index (κ1) is 43.6. The molecule has 0 saturated heterocycles. The maximum atomic E-state index is 2.66. The molecule has 1 atom stereocenters. The predicted octanol–water partition coefficient (Wildman–Crippen LogP) is 16.1. The fraction of sp³-hybridized carbons (Fsp3) is 0.121. The number of rotatable bonds is 10. The molecule has 0 amide bonds. The van der Waals surface area contributed by atoms with Crippen LogP contribution in [0.3, 0.4) is 0 Å². The molecule has 1 aliphatic rings. The number of benzene rings is 9. The van der Waals surface area contributed by atoms with Gasteiger partial charge in [0.25, 0.3) is 0 Å². The zero-order valence-electron chi connectivity index (χ0n) is 39.9. The van der Waals surface area contributed by atoms with Crippen molar-refractivity contribution in [2.75, 3.05) is 0 Å². The van der Waals surface area contributed by atoms with Crippen LogP contribution in [-0.2, 0) is 0 Å². The van der Waals surface area contributed by atoms with Crippen LogP contribution >= 0.6 is 0 Å². The Bertz CT molecular complexity index is 2990. The third-order valence-electron chi connectivity index (χ3n) is 15.0. The second-order valence-corrected chi connectivity index (χ2v) is 23.1. The van der Waals surface area contributed by atoms with Crippen LogP contribution in [-0.4, -0.2) is 8.07 Å². The molecule has 326 valence electrons. The first-order chi connectivity index (χ1) is 32.6. The number of aryl methyl sites for hydroxylation is 3. The van der Waals surface area contributed by atoms with Gasteiger partial charge in [0, 0.05) is 5.04 Å². The highest BCUT2D eigenvalue weighted by atomic mass is 28.3. The molecule has 1 unspecified atom stereocenters. The van der Waals surface area contributed by atoms with E-state index in [4.69, 9.17) is 0 Å². The highest BCUT2D eigenvalue weighted by Gasteiger charge is 2.57. The van der Waals surface area contributed by atoms with E-state index in [0.29, 0.717) is 0 Å². The van der Waals surface area contributed by atoms with Crippen LogP contribution in [0, 0.1) is 20.8 Å². The molecule has 67 heavy (non-hydrogen) atoms. The van der Waals surface area contributed by atoms with Gasteiger partial charge in [-0.05, 0) is 146 Å². The van der Waals surface area contributed by atoms with Gasteiger partial charge in [0.2, 0.25) is 0 Å². The molecule has 9 aromatic carbocycles. The van der Waals surface area contributed by atoms with Crippen molar-refractivity contribution in [1.82, 2.24) is 0 Å². The highest BCUT2D eigenvalue weighted by molar-refractivity contribution is 7.14. The lowest BCUT2D eigenvalue weighted by Gasteiger charge is -2.48. The molecule has 0 bridgehead atoms. The molecule has 0 saturated carbocycles. The molecule has 0 nitrogen and oxygen atoms in total. The topological polar surface area (TPSA) is 0 Å². The van der Waals surface area contributed by atoms with Crippen LogP contribution in [0.25, 0.3) is 66.8 Å². The highest BCUT2D eigenvalue weighted by Crippen LogP contribution is 2.54. The quantitative estimate of drug-likeness (QED) is 0.0948. The molecule has 1 heteroatoms. The van der Waals surface area contributed by atoms with Crippen LogP contribution in [0.5, 0.6) is 0 Å². The molecule has 9 aromatic rings. The van der Waals surface area contributed by atoms with Gasteiger partial charge in [0.1, 0.15) is 0 Å². The van der Waals surface area contributed by atoms with Crippen LogP contribution in [0.4, 0.5) is 0 Å². The predicted molar refractivity (Wildman–Crippen MR) is 291 cm³/mol. The monoisotopic (exact) mass is 878 g/mol. The Hall–Kier alpha value is -7.32. The van der Waals surface area contributed by atoms with Crippen LogP contribution in [0.15, 0.2) is 241 Å². The van der Waals surface area contributed by atoms with E-state index >= 15 is 0 Å². The van der Waals surface area contributed by atoms with Crippen LogP contribution in [0.1, 0.15) is 44.4 Å². The van der Waals surface area contributed by atoms with Crippen molar-refractivity contribution in [2.24, 2.45) is 0 Å². The van der Waals surface area contributed by atoms with Gasteiger partial charge in [-0.15, -0.1) is 0 Å². The number of hydrogen-bond donors (Lipinski definition) is 0. The van der Waals surface area contributed by atoms with Crippen molar-refractivity contribution in [1.29, 1.82) is 0 Å². The van der Waals surface area contributed by atoms with Gasteiger partial charge >= 0.3 is 0 Å². The summed E-state index contributed by atoms with van der Waals surface area (Å²) in [5, 5.41) is 3.83. The summed E-state index contributed by atoms with van der Waals surface area (Å²) in [6.45, 7) is 16.7. The first-order valence-electron chi connectivity index (χ1n) is 23.8. The van der Waals surface area contributed by atoms with E-state index in [9.17, 15) is 0 Å². The van der Waals surface area contributed by atoms with Gasteiger partial charge < -0.3 is 0 Å². The summed E-state index contributed by atoms with van der Waals surface area (Å²) < 4.78 is 0. The second-order valence-electron chi connectivity index (χ2n) is 18.9. The van der Waals surface area contributed by atoms with Crippen molar-refractivity contribution in [2.45, 2.75) is 53.5 Å². The zero-order valence-corrected chi connectivity index (χ0v) is 40.9. The van der Waals surface area contributed by atoms with E-state index in [1.54, 1.807) is 0 Å². The van der Waals surface area contributed by atoms with E-state index in [1.165, 1.54) is 116 Å². The molecular weight excluding hydrogens is 821 g/mol. The summed E-state index contributed by atoms with van der Waals surface area (Å²) in [5.74, 6) is 0. The van der Waals surface area contributed by atoms with Crippen LogP contribution < -0.4 is 15.6 Å². The fourth-order valence-corrected chi connectivity index (χ4v) is 18.0. The lowest BCUT2D eigenvalue weighted by molar-refractivity contribution is 0.870. The molecular formula is C66H58Si. The molecule has 10 rings (SSSR count). The summed E-state index contributed by atoms with van der Waals surface area (Å²) in [5.41, 5.74) is 23.1. The molecule has 0 aliphatic heterocycles. The van der Waals surface area contributed by atoms with E-state index in [0.717, 1.165) is 0 Å². The van der Waals surface area contributed by atoms with E-state index in [2.05, 4.69) is 273 Å². The normalized spacial score (nSPS) is 14.9. The number of hydrogen-bond acceptors (Lipinski definition) is 0. The average molecular weight is 879 g/mol. The summed E-state index contributed by atoms with van der Waals surface area (Å²) in [6, 6.07) is 82.0. The minimum Gasteiger partial charge on any atom is -0.0730 e. The number of allylic oxidation sites excluding steroid dienone is 4. The van der Waals surface area contributed by atoms with E-state index in [1.807, 2.05) is 0 Å². The Morgan fingerprint density at radius 1 is 0.313 bits per heavy atom. The Kier molecular flexibility index (Phi) is 11.6. The van der Waals surface area contributed by atoms with Crippen molar-refractivity contribution < 1.29 is 0 Å². The first-order valence-corrected chi connectivity index (χ1v) is 25.8. The molecule has 0 aromatic heterocycles. The average Bonchev–Trinajstić information content (AvgIpc) is 3.57. The second kappa shape index (κ2) is 17.8. The Morgan fingerprint density at radius 3 is 0.806 bits per heavy atom. The van der Waals surface area contributed by atoms with E-state index in [-0.39, 0.29) is 5.04 Å². The van der Waals surface area contributed by atoms with Crippen molar-refractivity contribution in [3.63, 3.8) is 0 Å². The lowest BCUT2D eigenvalue weighted by Crippen LogP contribution is -2.73. The van der Waals surface area contributed by atoms with Gasteiger partial charge in [0.05, 0.1) is 0 Å². The van der Waals surface area contributed by atoms with E-state index < -0.39 is 8.07 Å².